The van der Waals surface area contributed by atoms with Crippen LogP contribution in [0.4, 0.5) is 0 Å². The molecule has 0 spiro atoms. The highest BCUT2D eigenvalue weighted by molar-refractivity contribution is 5.90. The first-order valence-electron chi connectivity index (χ1n) is 12.7. The first-order chi connectivity index (χ1) is 17.3. The number of hydrogen-bond acceptors (Lipinski definition) is 7. The van der Waals surface area contributed by atoms with E-state index in [1.165, 1.54) is 0 Å². The van der Waals surface area contributed by atoms with Gasteiger partial charge in [-0.2, -0.15) is 0 Å². The molecule has 8 nitrogen and oxygen atoms in total. The van der Waals surface area contributed by atoms with Gasteiger partial charge in [-0.1, -0.05) is 33.6 Å². The van der Waals surface area contributed by atoms with E-state index >= 15 is 0 Å². The van der Waals surface area contributed by atoms with Crippen LogP contribution in [0.5, 0.6) is 5.75 Å². The van der Waals surface area contributed by atoms with Gasteiger partial charge in [0.1, 0.15) is 12.4 Å². The third kappa shape index (κ3) is 3.71. The van der Waals surface area contributed by atoms with Crippen LogP contribution in [0.3, 0.4) is 0 Å². The molecule has 3 aromatic rings. The highest BCUT2D eigenvalue weighted by Gasteiger charge is 2.45. The van der Waals surface area contributed by atoms with Gasteiger partial charge in [-0.25, -0.2) is 9.78 Å². The van der Waals surface area contributed by atoms with Gasteiger partial charge in [0.2, 0.25) is 0 Å². The number of nitrogens with zero attached hydrogens (tertiary/aromatic N) is 2. The quantitative estimate of drug-likeness (QED) is 0.236. The maximum atomic E-state index is 13.4. The molecule has 1 N–H and O–H groups in total. The van der Waals surface area contributed by atoms with E-state index in [0.717, 1.165) is 41.3 Å². The van der Waals surface area contributed by atoms with Crippen molar-refractivity contribution in [3.05, 3.63) is 56.9 Å². The molecule has 0 amide bonds. The predicted octanol–water partition coefficient (Wildman–Crippen LogP) is 4.13. The Labute approximate surface area is 208 Å². The minimum atomic E-state index is -1.86. The van der Waals surface area contributed by atoms with Crippen LogP contribution in [0.2, 0.25) is 0 Å². The number of ether oxygens (including phenoxy) is 2. The van der Waals surface area contributed by atoms with Gasteiger partial charge in [0.15, 0.2) is 5.60 Å². The molecule has 0 fully saturated rings. The summed E-state index contributed by atoms with van der Waals surface area (Å²) < 4.78 is 12.4. The standard InChI is InChI=1S/C28H30N2O6/c1-4-7-8-9-24(31)36-16-10-11-22-18(12-16)17(5-2)19-14-30-23(25(19)29-22)13-21-20(26(30)32)15-35-27(33)28(21,34)6-3/h10-13,34H,4-9,14-15H2,1-3H3/t28-/m0/s1. The summed E-state index contributed by atoms with van der Waals surface area (Å²) in [5, 5.41) is 11.9. The smallest absolute Gasteiger partial charge is 0.343 e. The van der Waals surface area contributed by atoms with E-state index in [1.807, 2.05) is 19.1 Å². The number of esters is 2. The van der Waals surface area contributed by atoms with Gasteiger partial charge in [0, 0.05) is 22.9 Å². The summed E-state index contributed by atoms with van der Waals surface area (Å²) in [6.07, 6.45) is 4.00. The van der Waals surface area contributed by atoms with E-state index in [4.69, 9.17) is 14.5 Å². The summed E-state index contributed by atoms with van der Waals surface area (Å²) >= 11 is 0. The molecule has 0 saturated carbocycles. The fraction of sp³-hybridized carbons (Fsp3) is 0.429. The summed E-state index contributed by atoms with van der Waals surface area (Å²) in [4.78, 5) is 42.9. The number of unbranched alkanes of at least 4 members (excludes halogenated alkanes) is 2. The van der Waals surface area contributed by atoms with Crippen molar-refractivity contribution < 1.29 is 24.2 Å². The van der Waals surface area contributed by atoms with Crippen molar-refractivity contribution in [2.45, 2.75) is 78.0 Å². The maximum Gasteiger partial charge on any atom is 0.343 e. The topological polar surface area (TPSA) is 108 Å². The average Bonchev–Trinajstić information content (AvgIpc) is 3.24. The van der Waals surface area contributed by atoms with E-state index in [9.17, 15) is 19.5 Å². The third-order valence-corrected chi connectivity index (χ3v) is 7.35. The normalized spacial score (nSPS) is 17.9. The number of carbonyl (C=O) groups excluding carboxylic acids is 2. The Morgan fingerprint density at radius 1 is 1.17 bits per heavy atom. The monoisotopic (exact) mass is 490 g/mol. The molecule has 5 rings (SSSR count). The number of pyridine rings is 2. The molecule has 2 aliphatic heterocycles. The van der Waals surface area contributed by atoms with Gasteiger partial charge in [-0.3, -0.25) is 9.59 Å². The van der Waals surface area contributed by atoms with Crippen molar-refractivity contribution in [1.29, 1.82) is 0 Å². The Morgan fingerprint density at radius 3 is 2.69 bits per heavy atom. The average molecular weight is 491 g/mol. The van der Waals surface area contributed by atoms with Crippen molar-refractivity contribution in [2.75, 3.05) is 0 Å². The number of aromatic nitrogens is 2. The summed E-state index contributed by atoms with van der Waals surface area (Å²) in [5.74, 6) is -0.510. The minimum Gasteiger partial charge on any atom is -0.458 e. The summed E-state index contributed by atoms with van der Waals surface area (Å²) in [6.45, 7) is 5.99. The van der Waals surface area contributed by atoms with Crippen LogP contribution in [0, 0.1) is 0 Å². The molecular formula is C28H30N2O6. The summed E-state index contributed by atoms with van der Waals surface area (Å²) in [6, 6.07) is 7.12. The Balaban J connectivity index is 1.60. The summed E-state index contributed by atoms with van der Waals surface area (Å²) in [5.41, 5.74) is 2.38. The second-order valence-corrected chi connectivity index (χ2v) is 9.48. The molecule has 2 aromatic heterocycles. The van der Waals surface area contributed by atoms with Crippen molar-refractivity contribution in [2.24, 2.45) is 0 Å². The van der Waals surface area contributed by atoms with Gasteiger partial charge < -0.3 is 19.1 Å². The molecule has 8 heteroatoms. The maximum absolute atomic E-state index is 13.4. The minimum absolute atomic E-state index is 0.0971. The van der Waals surface area contributed by atoms with Crippen LogP contribution < -0.4 is 10.3 Å². The van der Waals surface area contributed by atoms with E-state index in [2.05, 4.69) is 6.92 Å². The van der Waals surface area contributed by atoms with Crippen LogP contribution >= 0.6 is 0 Å². The second-order valence-electron chi connectivity index (χ2n) is 9.48. The Hall–Kier alpha value is -3.52. The number of carbonyl (C=O) groups is 2. The molecule has 4 heterocycles. The van der Waals surface area contributed by atoms with Gasteiger partial charge in [0.25, 0.3) is 5.56 Å². The number of aliphatic hydroxyl groups is 1. The van der Waals surface area contributed by atoms with E-state index in [1.54, 1.807) is 23.6 Å². The molecule has 0 aliphatic carbocycles. The molecule has 2 aliphatic rings. The number of aryl methyl sites for hydroxylation is 1. The lowest BCUT2D eigenvalue weighted by Crippen LogP contribution is -2.44. The Kier molecular flexibility index (Phi) is 6.16. The first kappa shape index (κ1) is 24.2. The van der Waals surface area contributed by atoms with Crippen LogP contribution in [0.15, 0.2) is 29.1 Å². The number of benzene rings is 1. The van der Waals surface area contributed by atoms with Crippen molar-refractivity contribution in [3.8, 4) is 17.1 Å². The predicted molar refractivity (Wildman–Crippen MR) is 134 cm³/mol. The molecule has 0 radical (unpaired) electrons. The van der Waals surface area contributed by atoms with Crippen molar-refractivity contribution in [3.63, 3.8) is 0 Å². The number of rotatable bonds is 7. The van der Waals surface area contributed by atoms with Crippen molar-refractivity contribution >= 4 is 22.8 Å². The lowest BCUT2D eigenvalue weighted by atomic mass is 9.86. The lowest BCUT2D eigenvalue weighted by Gasteiger charge is -2.31. The second kappa shape index (κ2) is 9.17. The third-order valence-electron chi connectivity index (χ3n) is 7.35. The lowest BCUT2D eigenvalue weighted by molar-refractivity contribution is -0.172. The van der Waals surface area contributed by atoms with E-state index in [-0.39, 0.29) is 24.6 Å². The van der Waals surface area contributed by atoms with Gasteiger partial charge in [-0.15, -0.1) is 0 Å². The highest BCUT2D eigenvalue weighted by atomic mass is 16.6. The largest absolute Gasteiger partial charge is 0.458 e. The Bertz CT molecular complexity index is 1460. The fourth-order valence-electron chi connectivity index (χ4n) is 5.31. The van der Waals surface area contributed by atoms with Crippen molar-refractivity contribution in [1.82, 2.24) is 9.55 Å². The van der Waals surface area contributed by atoms with E-state index < -0.39 is 11.6 Å². The molecule has 0 saturated heterocycles. The number of fused-ring (bicyclic) bond motifs is 5. The SMILES string of the molecule is CCCCCC(=O)Oc1ccc2nc3c(c(CC)c2c1)Cn1c-3cc2c(c1=O)COC(=O)[C@]2(O)CC. The molecule has 1 atom stereocenters. The van der Waals surface area contributed by atoms with Crippen LogP contribution in [-0.2, 0) is 39.5 Å². The number of hydrogen-bond donors (Lipinski definition) is 1. The molecule has 0 bridgehead atoms. The van der Waals surface area contributed by atoms with Gasteiger partial charge in [0.05, 0.1) is 29.0 Å². The van der Waals surface area contributed by atoms with Crippen LogP contribution in [-0.4, -0.2) is 26.6 Å². The van der Waals surface area contributed by atoms with E-state index in [0.29, 0.717) is 47.7 Å². The van der Waals surface area contributed by atoms with Crippen LogP contribution in [0.25, 0.3) is 22.3 Å². The number of cyclic esters (lactones) is 1. The molecule has 0 unspecified atom stereocenters. The highest BCUT2D eigenvalue weighted by Crippen LogP contribution is 2.40. The zero-order valence-electron chi connectivity index (χ0n) is 20.8. The van der Waals surface area contributed by atoms with Gasteiger partial charge in [-0.05, 0) is 49.1 Å². The Morgan fingerprint density at radius 2 is 1.97 bits per heavy atom. The molecular weight excluding hydrogens is 460 g/mol. The molecule has 36 heavy (non-hydrogen) atoms. The zero-order valence-corrected chi connectivity index (χ0v) is 20.8. The molecule has 1 aromatic carbocycles. The van der Waals surface area contributed by atoms with Crippen LogP contribution in [0.1, 0.15) is 75.1 Å². The molecule has 188 valence electrons. The first-order valence-corrected chi connectivity index (χ1v) is 12.7. The fourth-order valence-corrected chi connectivity index (χ4v) is 5.31. The van der Waals surface area contributed by atoms with Gasteiger partial charge >= 0.3 is 11.9 Å². The zero-order chi connectivity index (χ0) is 25.6. The summed E-state index contributed by atoms with van der Waals surface area (Å²) in [7, 11) is 0.